The van der Waals surface area contributed by atoms with Gasteiger partial charge in [-0.25, -0.2) is 0 Å². The van der Waals surface area contributed by atoms with E-state index in [4.69, 9.17) is 12.0 Å². The Balaban J connectivity index is 3.27. The zero-order chi connectivity index (χ0) is 9.94. The lowest BCUT2D eigenvalue weighted by Gasteiger charge is -2.00. The van der Waals surface area contributed by atoms with Crippen molar-refractivity contribution >= 4 is 5.91 Å². The molecule has 0 spiro atoms. The van der Waals surface area contributed by atoms with Crippen LogP contribution in [0.1, 0.15) is 19.3 Å². The number of nitrogens with one attached hydrogen (secondary N) is 1. The molecule has 0 aromatic heterocycles. The van der Waals surface area contributed by atoms with Crippen molar-refractivity contribution in [1.29, 1.82) is 0 Å². The molecule has 0 radical (unpaired) electrons. The van der Waals surface area contributed by atoms with Crippen molar-refractivity contribution in [2.24, 2.45) is 5.11 Å². The Bertz CT molecular complexity index is 237. The third-order valence-corrected chi connectivity index (χ3v) is 1.32. The van der Waals surface area contributed by atoms with E-state index in [1.54, 1.807) is 0 Å². The lowest BCUT2D eigenvalue weighted by Crippen LogP contribution is -2.24. The maximum absolute atomic E-state index is 10.9. The molecule has 0 bridgehead atoms. The Morgan fingerprint density at radius 2 is 2.46 bits per heavy atom. The predicted molar refractivity (Wildman–Crippen MR) is 49.7 cm³/mol. The average Bonchev–Trinajstić information content (AvgIpc) is 2.14. The molecule has 0 aromatic carbocycles. The van der Waals surface area contributed by atoms with E-state index >= 15 is 0 Å². The van der Waals surface area contributed by atoms with Crippen molar-refractivity contribution in [3.63, 3.8) is 0 Å². The van der Waals surface area contributed by atoms with Crippen molar-refractivity contribution in [3.05, 3.63) is 10.4 Å². The maximum Gasteiger partial charge on any atom is 0.220 e. The molecule has 0 aromatic rings. The summed E-state index contributed by atoms with van der Waals surface area (Å²) in [5.74, 6) is 2.33. The summed E-state index contributed by atoms with van der Waals surface area (Å²) in [6.45, 7) is 0.939. The van der Waals surface area contributed by atoms with E-state index in [0.29, 0.717) is 32.4 Å². The second kappa shape index (κ2) is 8.44. The zero-order valence-electron chi connectivity index (χ0n) is 7.36. The van der Waals surface area contributed by atoms with E-state index < -0.39 is 0 Å². The van der Waals surface area contributed by atoms with Crippen LogP contribution < -0.4 is 5.32 Å². The van der Waals surface area contributed by atoms with Gasteiger partial charge in [-0.1, -0.05) is 5.11 Å². The van der Waals surface area contributed by atoms with Gasteiger partial charge in [0.1, 0.15) is 0 Å². The quantitative estimate of drug-likeness (QED) is 0.215. The molecule has 13 heavy (non-hydrogen) atoms. The predicted octanol–water partition coefficient (Wildman–Crippen LogP) is 1.22. The van der Waals surface area contributed by atoms with Crippen LogP contribution in [0.25, 0.3) is 10.4 Å². The molecule has 5 heteroatoms. The van der Waals surface area contributed by atoms with E-state index in [1.165, 1.54) is 0 Å². The molecule has 0 saturated carbocycles. The Kier molecular flexibility index (Phi) is 7.36. The van der Waals surface area contributed by atoms with Crippen LogP contribution in [-0.2, 0) is 4.79 Å². The highest BCUT2D eigenvalue weighted by Crippen LogP contribution is 1.86. The van der Waals surface area contributed by atoms with E-state index in [-0.39, 0.29) is 5.91 Å². The SMILES string of the molecule is C#CCCC(=O)NCCCN=[N+]=[N-]. The molecule has 0 atom stereocenters. The van der Waals surface area contributed by atoms with Gasteiger partial charge in [-0.3, -0.25) is 4.79 Å². The van der Waals surface area contributed by atoms with E-state index in [9.17, 15) is 4.79 Å². The van der Waals surface area contributed by atoms with Gasteiger partial charge in [0.2, 0.25) is 5.91 Å². The summed E-state index contributed by atoms with van der Waals surface area (Å²) in [5.41, 5.74) is 7.94. The fraction of sp³-hybridized carbons (Fsp3) is 0.625. The Morgan fingerprint density at radius 1 is 1.69 bits per heavy atom. The van der Waals surface area contributed by atoms with Crippen LogP contribution in [0.4, 0.5) is 0 Å². The van der Waals surface area contributed by atoms with E-state index in [2.05, 4.69) is 21.3 Å². The smallest absolute Gasteiger partial charge is 0.220 e. The van der Waals surface area contributed by atoms with Crippen molar-refractivity contribution < 1.29 is 4.79 Å². The van der Waals surface area contributed by atoms with Crippen molar-refractivity contribution in [3.8, 4) is 12.3 Å². The molecular formula is C8H12N4O. The molecule has 70 valence electrons. The molecule has 0 rings (SSSR count). The summed E-state index contributed by atoms with van der Waals surface area (Å²) in [6.07, 6.45) is 6.46. The average molecular weight is 180 g/mol. The highest BCUT2D eigenvalue weighted by molar-refractivity contribution is 5.76. The van der Waals surface area contributed by atoms with Gasteiger partial charge in [0.25, 0.3) is 0 Å². The summed E-state index contributed by atoms with van der Waals surface area (Å²) in [4.78, 5) is 13.5. The van der Waals surface area contributed by atoms with Crippen LogP contribution in [0.5, 0.6) is 0 Å². The molecular weight excluding hydrogens is 168 g/mol. The normalized spacial score (nSPS) is 8.23. The Morgan fingerprint density at radius 3 is 3.08 bits per heavy atom. The van der Waals surface area contributed by atoms with Gasteiger partial charge in [0, 0.05) is 30.8 Å². The molecule has 0 aliphatic carbocycles. The summed E-state index contributed by atoms with van der Waals surface area (Å²) in [5, 5.41) is 5.99. The van der Waals surface area contributed by atoms with Gasteiger partial charge < -0.3 is 5.32 Å². The molecule has 5 nitrogen and oxygen atoms in total. The molecule has 1 N–H and O–H groups in total. The number of rotatable bonds is 6. The first-order chi connectivity index (χ1) is 6.31. The number of azide groups is 1. The van der Waals surface area contributed by atoms with Gasteiger partial charge in [-0.15, -0.1) is 12.3 Å². The van der Waals surface area contributed by atoms with Crippen LogP contribution in [-0.4, -0.2) is 19.0 Å². The van der Waals surface area contributed by atoms with Crippen LogP contribution >= 0.6 is 0 Å². The number of carbonyl (C=O) groups is 1. The molecule has 0 aliphatic rings. The minimum Gasteiger partial charge on any atom is -0.356 e. The third kappa shape index (κ3) is 8.24. The molecule has 0 unspecified atom stereocenters. The van der Waals surface area contributed by atoms with Crippen LogP contribution in [0.2, 0.25) is 0 Å². The summed E-state index contributed by atoms with van der Waals surface area (Å²) >= 11 is 0. The number of hydrogen-bond acceptors (Lipinski definition) is 2. The topological polar surface area (TPSA) is 77.9 Å². The monoisotopic (exact) mass is 180 g/mol. The van der Waals surface area contributed by atoms with Crippen molar-refractivity contribution in [2.45, 2.75) is 19.3 Å². The minimum absolute atomic E-state index is 0.0566. The summed E-state index contributed by atoms with van der Waals surface area (Å²) < 4.78 is 0. The minimum atomic E-state index is -0.0566. The second-order valence-electron chi connectivity index (χ2n) is 2.36. The number of nitrogens with zero attached hydrogens (tertiary/aromatic N) is 3. The Labute approximate surface area is 77.1 Å². The number of carbonyl (C=O) groups excluding carboxylic acids is 1. The fourth-order valence-electron chi connectivity index (χ4n) is 0.696. The lowest BCUT2D eigenvalue weighted by atomic mass is 10.3. The first-order valence-electron chi connectivity index (χ1n) is 4.02. The van der Waals surface area contributed by atoms with Crippen LogP contribution in [0.3, 0.4) is 0 Å². The van der Waals surface area contributed by atoms with Gasteiger partial charge in [0.05, 0.1) is 0 Å². The van der Waals surface area contributed by atoms with Gasteiger partial charge >= 0.3 is 0 Å². The standard InChI is InChI=1S/C8H12N4O/c1-2-3-5-8(13)10-6-4-7-11-12-9/h1H,3-7H2,(H,10,13). The highest BCUT2D eigenvalue weighted by atomic mass is 16.1. The molecule has 0 saturated heterocycles. The fourth-order valence-corrected chi connectivity index (χ4v) is 0.696. The van der Waals surface area contributed by atoms with Crippen LogP contribution in [0, 0.1) is 12.3 Å². The molecule has 0 fully saturated rings. The van der Waals surface area contributed by atoms with Crippen molar-refractivity contribution in [1.82, 2.24) is 5.32 Å². The highest BCUT2D eigenvalue weighted by Gasteiger charge is 1.97. The van der Waals surface area contributed by atoms with Gasteiger partial charge in [0.15, 0.2) is 0 Å². The molecule has 1 amide bonds. The maximum atomic E-state index is 10.9. The van der Waals surface area contributed by atoms with E-state index in [1.807, 2.05) is 0 Å². The summed E-state index contributed by atoms with van der Waals surface area (Å²) in [6, 6.07) is 0. The Hall–Kier alpha value is -1.66. The number of amides is 1. The third-order valence-electron chi connectivity index (χ3n) is 1.32. The molecule has 0 aliphatic heterocycles. The summed E-state index contributed by atoms with van der Waals surface area (Å²) in [7, 11) is 0. The van der Waals surface area contributed by atoms with E-state index in [0.717, 1.165) is 0 Å². The first-order valence-corrected chi connectivity index (χ1v) is 4.02. The number of hydrogen-bond donors (Lipinski definition) is 1. The first kappa shape index (κ1) is 11.3. The lowest BCUT2D eigenvalue weighted by molar-refractivity contribution is -0.120. The van der Waals surface area contributed by atoms with Gasteiger partial charge in [-0.2, -0.15) is 0 Å². The van der Waals surface area contributed by atoms with Crippen LogP contribution in [0.15, 0.2) is 5.11 Å². The number of terminal acetylenes is 1. The van der Waals surface area contributed by atoms with Crippen molar-refractivity contribution in [2.75, 3.05) is 13.1 Å². The molecule has 0 heterocycles. The van der Waals surface area contributed by atoms with Gasteiger partial charge in [-0.05, 0) is 12.0 Å². The zero-order valence-corrected chi connectivity index (χ0v) is 7.36. The largest absolute Gasteiger partial charge is 0.356 e. The second-order valence-corrected chi connectivity index (χ2v) is 2.36.